The standard InChI is InChI=1S/C4H4N2O3/c7-4(8)3-1-2-9-6-5-3/h1-2,6H,(H,7,8). The number of hydrogen-bond acceptors (Lipinski definition) is 4. The highest BCUT2D eigenvalue weighted by Crippen LogP contribution is 1.87. The summed E-state index contributed by atoms with van der Waals surface area (Å²) in [5.74, 6) is -1.08. The van der Waals surface area contributed by atoms with Gasteiger partial charge in [0.15, 0.2) is 5.71 Å². The van der Waals surface area contributed by atoms with E-state index in [1.807, 2.05) is 5.59 Å². The number of carbonyl (C=O) groups is 1. The van der Waals surface area contributed by atoms with Gasteiger partial charge in [0.05, 0.1) is 0 Å². The first-order valence-electron chi connectivity index (χ1n) is 2.19. The smallest absolute Gasteiger partial charge is 0.356 e. The van der Waals surface area contributed by atoms with Crippen molar-refractivity contribution in [2.75, 3.05) is 0 Å². The summed E-state index contributed by atoms with van der Waals surface area (Å²) in [4.78, 5) is 14.4. The predicted molar refractivity (Wildman–Crippen MR) is 28.4 cm³/mol. The molecule has 0 aromatic carbocycles. The zero-order valence-electron chi connectivity index (χ0n) is 4.37. The van der Waals surface area contributed by atoms with Crippen molar-refractivity contribution in [1.29, 1.82) is 0 Å². The van der Waals surface area contributed by atoms with Crippen LogP contribution >= 0.6 is 0 Å². The summed E-state index contributed by atoms with van der Waals surface area (Å²) in [6.07, 6.45) is 2.45. The number of carboxylic acid groups (broad SMARTS) is 1. The van der Waals surface area contributed by atoms with Gasteiger partial charge in [0, 0.05) is 6.08 Å². The van der Waals surface area contributed by atoms with E-state index in [0.717, 1.165) is 0 Å². The Balaban J connectivity index is 2.69. The minimum absolute atomic E-state index is 0.0683. The van der Waals surface area contributed by atoms with Gasteiger partial charge in [0.1, 0.15) is 6.26 Å². The summed E-state index contributed by atoms with van der Waals surface area (Å²) in [6.45, 7) is 0. The van der Waals surface area contributed by atoms with Crippen molar-refractivity contribution in [3.05, 3.63) is 12.3 Å². The Kier molecular flexibility index (Phi) is 1.35. The van der Waals surface area contributed by atoms with E-state index in [4.69, 9.17) is 5.11 Å². The minimum Gasteiger partial charge on any atom is -0.476 e. The molecule has 1 aliphatic heterocycles. The van der Waals surface area contributed by atoms with E-state index in [1.54, 1.807) is 0 Å². The highest BCUT2D eigenvalue weighted by Gasteiger charge is 2.06. The largest absolute Gasteiger partial charge is 0.476 e. The summed E-state index contributed by atoms with van der Waals surface area (Å²) in [7, 11) is 0. The third-order valence-electron chi connectivity index (χ3n) is 0.732. The molecule has 2 N–H and O–H groups in total. The Morgan fingerprint density at radius 2 is 2.67 bits per heavy atom. The van der Waals surface area contributed by atoms with Gasteiger partial charge >= 0.3 is 5.97 Å². The Hall–Kier alpha value is -1.52. The van der Waals surface area contributed by atoms with Crippen LogP contribution in [0.25, 0.3) is 0 Å². The highest BCUT2D eigenvalue weighted by molar-refractivity contribution is 6.40. The fraction of sp³-hybridized carbons (Fsp3) is 0. The Morgan fingerprint density at radius 1 is 1.89 bits per heavy atom. The second-order valence-electron chi connectivity index (χ2n) is 1.31. The molecule has 0 bridgehead atoms. The molecule has 0 spiro atoms. The molecule has 0 saturated carbocycles. The van der Waals surface area contributed by atoms with Crippen molar-refractivity contribution in [2.24, 2.45) is 5.10 Å². The molecule has 0 unspecified atom stereocenters. The van der Waals surface area contributed by atoms with E-state index < -0.39 is 5.97 Å². The van der Waals surface area contributed by atoms with Gasteiger partial charge in [-0.1, -0.05) is 0 Å². The zero-order chi connectivity index (χ0) is 6.69. The lowest BCUT2D eigenvalue weighted by atomic mass is 10.4. The van der Waals surface area contributed by atoms with Crippen molar-refractivity contribution in [3.8, 4) is 0 Å². The maximum Gasteiger partial charge on any atom is 0.356 e. The predicted octanol–water partition coefficient (Wildman–Crippen LogP) is -0.524. The average Bonchev–Trinajstić information content (AvgIpc) is 1.90. The second kappa shape index (κ2) is 2.17. The van der Waals surface area contributed by atoms with Crippen molar-refractivity contribution in [2.45, 2.75) is 0 Å². The van der Waals surface area contributed by atoms with Gasteiger partial charge in [-0.2, -0.15) is 0 Å². The maximum atomic E-state index is 10.1. The first-order chi connectivity index (χ1) is 4.30. The van der Waals surface area contributed by atoms with Crippen LogP contribution in [-0.4, -0.2) is 16.8 Å². The Labute approximate surface area is 50.6 Å². The quantitative estimate of drug-likeness (QED) is 0.498. The number of carboxylic acids is 1. The number of rotatable bonds is 1. The van der Waals surface area contributed by atoms with Gasteiger partial charge in [0.2, 0.25) is 0 Å². The van der Waals surface area contributed by atoms with Gasteiger partial charge in [-0.15, -0.1) is 10.7 Å². The lowest BCUT2D eigenvalue weighted by Crippen LogP contribution is -2.18. The van der Waals surface area contributed by atoms with Crippen LogP contribution in [0.4, 0.5) is 0 Å². The Morgan fingerprint density at radius 3 is 3.00 bits per heavy atom. The van der Waals surface area contributed by atoms with Crippen molar-refractivity contribution in [3.63, 3.8) is 0 Å². The van der Waals surface area contributed by atoms with Crippen LogP contribution in [0.5, 0.6) is 0 Å². The van der Waals surface area contributed by atoms with E-state index in [9.17, 15) is 4.79 Å². The van der Waals surface area contributed by atoms with Gasteiger partial charge in [-0.25, -0.2) is 4.79 Å². The lowest BCUT2D eigenvalue weighted by molar-refractivity contribution is -0.129. The van der Waals surface area contributed by atoms with Gasteiger partial charge < -0.3 is 9.94 Å². The van der Waals surface area contributed by atoms with Crippen LogP contribution in [0, 0.1) is 0 Å². The normalized spacial score (nSPS) is 15.3. The summed E-state index contributed by atoms with van der Waals surface area (Å²) in [5, 5.41) is 11.5. The molecule has 1 aliphatic rings. The first kappa shape index (κ1) is 5.61. The molecule has 0 amide bonds. The molecule has 0 aromatic heterocycles. The van der Waals surface area contributed by atoms with E-state index >= 15 is 0 Å². The SMILES string of the molecule is O=C(O)C1=NNOC=C1. The fourth-order valence-corrected chi connectivity index (χ4v) is 0.361. The van der Waals surface area contributed by atoms with E-state index in [-0.39, 0.29) is 5.71 Å². The number of nitrogens with zero attached hydrogens (tertiary/aromatic N) is 1. The fourth-order valence-electron chi connectivity index (χ4n) is 0.361. The molecule has 1 heterocycles. The monoisotopic (exact) mass is 128 g/mol. The second-order valence-corrected chi connectivity index (χ2v) is 1.31. The van der Waals surface area contributed by atoms with E-state index in [0.29, 0.717) is 0 Å². The third-order valence-corrected chi connectivity index (χ3v) is 0.732. The van der Waals surface area contributed by atoms with Crippen LogP contribution < -0.4 is 5.59 Å². The van der Waals surface area contributed by atoms with Crippen LogP contribution in [0.15, 0.2) is 17.4 Å². The molecule has 0 fully saturated rings. The van der Waals surface area contributed by atoms with Gasteiger partial charge in [-0.3, -0.25) is 0 Å². The number of hydrogen-bond donors (Lipinski definition) is 2. The summed E-state index contributed by atoms with van der Waals surface area (Å²) < 4.78 is 0. The van der Waals surface area contributed by atoms with Gasteiger partial charge in [-0.05, 0) is 0 Å². The lowest BCUT2D eigenvalue weighted by Gasteiger charge is -2.02. The summed E-state index contributed by atoms with van der Waals surface area (Å²) >= 11 is 0. The number of nitrogens with one attached hydrogen (secondary N) is 1. The van der Waals surface area contributed by atoms with Crippen molar-refractivity contribution < 1.29 is 14.7 Å². The van der Waals surface area contributed by atoms with Crippen LogP contribution in [0.3, 0.4) is 0 Å². The molecule has 5 nitrogen and oxygen atoms in total. The first-order valence-corrected chi connectivity index (χ1v) is 2.19. The molecular weight excluding hydrogens is 124 g/mol. The van der Waals surface area contributed by atoms with Crippen LogP contribution in [0.2, 0.25) is 0 Å². The highest BCUT2D eigenvalue weighted by atomic mass is 16.7. The number of hydrazone groups is 1. The van der Waals surface area contributed by atoms with Crippen molar-refractivity contribution in [1.82, 2.24) is 5.59 Å². The van der Waals surface area contributed by atoms with Gasteiger partial charge in [0.25, 0.3) is 0 Å². The molecule has 0 aromatic rings. The molecular formula is C4H4N2O3. The third kappa shape index (κ3) is 1.18. The molecule has 0 saturated heterocycles. The molecule has 1 rings (SSSR count). The summed E-state index contributed by atoms with van der Waals surface area (Å²) in [5.41, 5.74) is 1.97. The molecule has 48 valence electrons. The van der Waals surface area contributed by atoms with E-state index in [2.05, 4.69) is 9.94 Å². The van der Waals surface area contributed by atoms with E-state index in [1.165, 1.54) is 12.3 Å². The molecule has 9 heavy (non-hydrogen) atoms. The topological polar surface area (TPSA) is 70.9 Å². The minimum atomic E-state index is -1.08. The molecule has 5 heteroatoms. The molecule has 0 radical (unpaired) electrons. The molecule has 0 aliphatic carbocycles. The van der Waals surface area contributed by atoms with Crippen LogP contribution in [0.1, 0.15) is 0 Å². The van der Waals surface area contributed by atoms with Crippen LogP contribution in [-0.2, 0) is 9.63 Å². The van der Waals surface area contributed by atoms with Crippen molar-refractivity contribution >= 4 is 11.7 Å². The average molecular weight is 128 g/mol. The zero-order valence-corrected chi connectivity index (χ0v) is 4.37. The number of aliphatic carboxylic acids is 1. The Bertz CT molecular complexity index is 184. The maximum absolute atomic E-state index is 10.1. The molecule has 0 atom stereocenters. The summed E-state index contributed by atoms with van der Waals surface area (Å²) in [6, 6.07) is 0.